The molecule has 1 aliphatic rings. The highest BCUT2D eigenvalue weighted by molar-refractivity contribution is 7.13. The first-order valence-corrected chi connectivity index (χ1v) is 8.13. The van der Waals surface area contributed by atoms with Gasteiger partial charge in [-0.3, -0.25) is 0 Å². The number of piperazine rings is 1. The van der Waals surface area contributed by atoms with E-state index in [1.807, 2.05) is 24.6 Å². The maximum Gasteiger partial charge on any atom is 0.227 e. The molecule has 0 amide bonds. The minimum absolute atomic E-state index is 0.824. The number of nitrogens with zero attached hydrogens (tertiary/aromatic N) is 5. The maximum atomic E-state index is 4.61. The average molecular weight is 304 g/mol. The number of thiazole rings is 1. The summed E-state index contributed by atoms with van der Waals surface area (Å²) in [6, 6.07) is 1.98. The zero-order valence-electron chi connectivity index (χ0n) is 12.4. The first-order chi connectivity index (χ1) is 10.3. The lowest BCUT2D eigenvalue weighted by Gasteiger charge is -2.34. The first kappa shape index (κ1) is 14.1. The largest absolute Gasteiger partial charge is 0.370 e. The van der Waals surface area contributed by atoms with Crippen molar-refractivity contribution in [3.05, 3.63) is 23.3 Å². The predicted molar refractivity (Wildman–Crippen MR) is 87.5 cm³/mol. The van der Waals surface area contributed by atoms with Crippen molar-refractivity contribution in [2.75, 3.05) is 47.8 Å². The highest BCUT2D eigenvalue weighted by Crippen LogP contribution is 2.21. The summed E-state index contributed by atoms with van der Waals surface area (Å²) in [5.74, 6) is 1.73. The molecule has 3 heterocycles. The molecule has 0 unspecified atom stereocenters. The summed E-state index contributed by atoms with van der Waals surface area (Å²) >= 11 is 1.69. The zero-order chi connectivity index (χ0) is 14.7. The second kappa shape index (κ2) is 6.26. The fourth-order valence-electron chi connectivity index (χ4n) is 2.44. The van der Waals surface area contributed by atoms with Crippen LogP contribution in [0.3, 0.4) is 0 Å². The monoisotopic (exact) mass is 304 g/mol. The van der Waals surface area contributed by atoms with Crippen LogP contribution in [-0.2, 0) is 0 Å². The Kier molecular flexibility index (Phi) is 4.19. The van der Waals surface area contributed by atoms with Gasteiger partial charge in [0, 0.05) is 56.1 Å². The normalized spacial score (nSPS) is 15.3. The molecular weight excluding hydrogens is 284 g/mol. The van der Waals surface area contributed by atoms with Crippen molar-refractivity contribution in [3.8, 4) is 0 Å². The minimum Gasteiger partial charge on any atom is -0.370 e. The molecule has 0 aliphatic carbocycles. The Morgan fingerprint density at radius 1 is 1.19 bits per heavy atom. The number of hydrogen-bond donors (Lipinski definition) is 1. The summed E-state index contributed by atoms with van der Waals surface area (Å²) < 4.78 is 0. The van der Waals surface area contributed by atoms with Crippen molar-refractivity contribution in [3.63, 3.8) is 0 Å². The Bertz CT molecular complexity index is 577. The molecule has 1 N–H and O–H groups in total. The Morgan fingerprint density at radius 2 is 1.95 bits per heavy atom. The van der Waals surface area contributed by atoms with Crippen LogP contribution in [0.15, 0.2) is 17.6 Å². The smallest absolute Gasteiger partial charge is 0.227 e. The first-order valence-electron chi connectivity index (χ1n) is 7.25. The van der Waals surface area contributed by atoms with Crippen molar-refractivity contribution in [2.24, 2.45) is 0 Å². The third kappa shape index (κ3) is 3.24. The molecule has 0 bridgehead atoms. The number of rotatable bonds is 4. The van der Waals surface area contributed by atoms with Gasteiger partial charge in [0.25, 0.3) is 0 Å². The topological polar surface area (TPSA) is 57.2 Å². The van der Waals surface area contributed by atoms with Crippen molar-refractivity contribution < 1.29 is 0 Å². The summed E-state index contributed by atoms with van der Waals surface area (Å²) in [6.07, 6.45) is 1.86. The summed E-state index contributed by atoms with van der Waals surface area (Å²) in [5, 5.41) is 6.39. The lowest BCUT2D eigenvalue weighted by molar-refractivity contribution is 0.638. The van der Waals surface area contributed by atoms with Crippen LogP contribution in [0.2, 0.25) is 0 Å². The van der Waals surface area contributed by atoms with E-state index in [2.05, 4.69) is 37.0 Å². The molecule has 0 atom stereocenters. The summed E-state index contributed by atoms with van der Waals surface area (Å²) in [7, 11) is 0. The Balaban J connectivity index is 1.69. The fraction of sp³-hybridized carbons (Fsp3) is 0.500. The highest BCUT2D eigenvalue weighted by Gasteiger charge is 2.20. The maximum absolute atomic E-state index is 4.61. The number of anilines is 3. The van der Waals surface area contributed by atoms with Gasteiger partial charge in [0.1, 0.15) is 5.82 Å². The fourth-order valence-corrected chi connectivity index (χ4v) is 3.13. The van der Waals surface area contributed by atoms with E-state index in [0.717, 1.165) is 55.3 Å². The SMILES string of the molecule is CCNc1cc(C)nc(N2CCN(c3nccs3)CC2)n1. The molecule has 3 rings (SSSR count). The van der Waals surface area contributed by atoms with E-state index in [1.54, 1.807) is 11.3 Å². The molecule has 0 saturated carbocycles. The number of nitrogens with one attached hydrogen (secondary N) is 1. The Morgan fingerprint density at radius 3 is 2.62 bits per heavy atom. The number of aromatic nitrogens is 3. The lowest BCUT2D eigenvalue weighted by atomic mass is 10.3. The van der Waals surface area contributed by atoms with Crippen molar-refractivity contribution in [1.82, 2.24) is 15.0 Å². The van der Waals surface area contributed by atoms with Gasteiger partial charge in [0.05, 0.1) is 0 Å². The van der Waals surface area contributed by atoms with Crippen LogP contribution < -0.4 is 15.1 Å². The quantitative estimate of drug-likeness (QED) is 0.932. The molecule has 2 aromatic heterocycles. The van der Waals surface area contributed by atoms with Crippen LogP contribution >= 0.6 is 11.3 Å². The molecule has 1 aliphatic heterocycles. The van der Waals surface area contributed by atoms with Gasteiger partial charge in [0.15, 0.2) is 5.13 Å². The molecule has 0 aromatic carbocycles. The second-order valence-electron chi connectivity index (χ2n) is 5.01. The van der Waals surface area contributed by atoms with Gasteiger partial charge in [-0.15, -0.1) is 11.3 Å². The third-order valence-corrected chi connectivity index (χ3v) is 4.28. The van der Waals surface area contributed by atoms with Crippen LogP contribution in [-0.4, -0.2) is 47.7 Å². The molecular formula is C14H20N6S. The van der Waals surface area contributed by atoms with Gasteiger partial charge in [0.2, 0.25) is 5.95 Å². The number of aryl methyl sites for hydroxylation is 1. The van der Waals surface area contributed by atoms with Crippen LogP contribution in [0.25, 0.3) is 0 Å². The highest BCUT2D eigenvalue weighted by atomic mass is 32.1. The van der Waals surface area contributed by atoms with Gasteiger partial charge in [-0.1, -0.05) is 0 Å². The van der Waals surface area contributed by atoms with Gasteiger partial charge in [-0.25, -0.2) is 9.97 Å². The molecule has 21 heavy (non-hydrogen) atoms. The minimum atomic E-state index is 0.824. The van der Waals surface area contributed by atoms with Gasteiger partial charge >= 0.3 is 0 Å². The van der Waals surface area contributed by atoms with E-state index in [4.69, 9.17) is 0 Å². The second-order valence-corrected chi connectivity index (χ2v) is 5.89. The van der Waals surface area contributed by atoms with Crippen molar-refractivity contribution in [1.29, 1.82) is 0 Å². The predicted octanol–water partition coefficient (Wildman–Crippen LogP) is 2.00. The average Bonchev–Trinajstić information content (AvgIpc) is 3.01. The van der Waals surface area contributed by atoms with Gasteiger partial charge in [-0.2, -0.15) is 4.98 Å². The zero-order valence-corrected chi connectivity index (χ0v) is 13.2. The molecule has 7 heteroatoms. The van der Waals surface area contributed by atoms with Crippen molar-refractivity contribution in [2.45, 2.75) is 13.8 Å². The Hall–Kier alpha value is -1.89. The molecule has 0 radical (unpaired) electrons. The van der Waals surface area contributed by atoms with E-state index in [1.165, 1.54) is 0 Å². The van der Waals surface area contributed by atoms with Crippen LogP contribution in [0.5, 0.6) is 0 Å². The molecule has 0 spiro atoms. The van der Waals surface area contributed by atoms with E-state index in [9.17, 15) is 0 Å². The summed E-state index contributed by atoms with van der Waals surface area (Å²) in [4.78, 5) is 18.1. The Labute approximate surface area is 128 Å². The molecule has 1 saturated heterocycles. The van der Waals surface area contributed by atoms with Crippen molar-refractivity contribution >= 4 is 28.2 Å². The number of hydrogen-bond acceptors (Lipinski definition) is 7. The van der Waals surface area contributed by atoms with E-state index in [-0.39, 0.29) is 0 Å². The summed E-state index contributed by atoms with van der Waals surface area (Å²) in [5.41, 5.74) is 0.998. The molecule has 2 aromatic rings. The van der Waals surface area contributed by atoms with Crippen LogP contribution in [0.1, 0.15) is 12.6 Å². The van der Waals surface area contributed by atoms with Gasteiger partial charge < -0.3 is 15.1 Å². The van der Waals surface area contributed by atoms with Crippen LogP contribution in [0.4, 0.5) is 16.9 Å². The van der Waals surface area contributed by atoms with Crippen LogP contribution in [0, 0.1) is 6.92 Å². The van der Waals surface area contributed by atoms with Gasteiger partial charge in [-0.05, 0) is 13.8 Å². The molecule has 112 valence electrons. The molecule has 1 fully saturated rings. The van der Waals surface area contributed by atoms with E-state index in [0.29, 0.717) is 0 Å². The lowest BCUT2D eigenvalue weighted by Crippen LogP contribution is -2.47. The third-order valence-electron chi connectivity index (χ3n) is 3.45. The standard InChI is InChI=1S/C14H20N6S/c1-3-15-12-10-11(2)17-13(18-12)19-5-7-20(8-6-19)14-16-4-9-21-14/h4,9-10H,3,5-8H2,1-2H3,(H,15,17,18). The van der Waals surface area contributed by atoms with E-state index >= 15 is 0 Å². The molecule has 6 nitrogen and oxygen atoms in total. The summed E-state index contributed by atoms with van der Waals surface area (Å²) in [6.45, 7) is 8.72. The van der Waals surface area contributed by atoms with E-state index < -0.39 is 0 Å².